The van der Waals surface area contributed by atoms with E-state index in [4.69, 9.17) is 4.74 Å². The Morgan fingerprint density at radius 3 is 2.55 bits per heavy atom. The van der Waals surface area contributed by atoms with Gasteiger partial charge in [-0.15, -0.1) is 0 Å². The van der Waals surface area contributed by atoms with Crippen molar-refractivity contribution in [1.29, 1.82) is 5.26 Å². The van der Waals surface area contributed by atoms with Crippen molar-refractivity contribution in [2.75, 3.05) is 6.61 Å². The second-order valence-corrected chi connectivity index (χ2v) is 6.58. The first-order chi connectivity index (χ1) is 10.8. The molecule has 120 valence electrons. The molecule has 0 saturated heterocycles. The summed E-state index contributed by atoms with van der Waals surface area (Å²) in [5, 5.41) is 9.35. The molecule has 1 fully saturated rings. The molecule has 0 unspecified atom stereocenters. The van der Waals surface area contributed by atoms with Crippen LogP contribution in [0.1, 0.15) is 82.3 Å². The van der Waals surface area contributed by atoms with Gasteiger partial charge in [0, 0.05) is 0 Å². The van der Waals surface area contributed by atoms with Crippen LogP contribution in [-0.2, 0) is 0 Å². The fraction of sp³-hybridized carbons (Fsp3) is 0.650. The molecular weight excluding hydrogens is 270 g/mol. The summed E-state index contributed by atoms with van der Waals surface area (Å²) >= 11 is 0. The number of unbranched alkanes of at least 4 members (excludes halogenated alkanes) is 1. The van der Waals surface area contributed by atoms with Crippen molar-refractivity contribution >= 4 is 0 Å². The van der Waals surface area contributed by atoms with Crippen LogP contribution >= 0.6 is 0 Å². The summed E-state index contributed by atoms with van der Waals surface area (Å²) in [6.45, 7) is 5.03. The molecule has 0 aliphatic heterocycles. The zero-order valence-electron chi connectivity index (χ0n) is 14.1. The highest BCUT2D eigenvalue weighted by molar-refractivity contribution is 5.46. The maximum Gasteiger partial charge on any atom is 0.137 e. The fourth-order valence-electron chi connectivity index (χ4n) is 3.50. The van der Waals surface area contributed by atoms with E-state index in [2.05, 4.69) is 32.0 Å². The van der Waals surface area contributed by atoms with Gasteiger partial charge < -0.3 is 4.74 Å². The third-order valence-corrected chi connectivity index (χ3v) is 4.87. The molecule has 0 aromatic heterocycles. The SMILES string of the molecule is CCCC[C@H]1CC[C@H](c2ccc(OCCC)c(C#N)c2)CC1. The van der Waals surface area contributed by atoms with Crippen LogP contribution in [0.25, 0.3) is 0 Å². The van der Waals surface area contributed by atoms with E-state index in [9.17, 15) is 5.26 Å². The van der Waals surface area contributed by atoms with Crippen molar-refractivity contribution in [2.45, 2.75) is 71.1 Å². The topological polar surface area (TPSA) is 33.0 Å². The Morgan fingerprint density at radius 2 is 1.91 bits per heavy atom. The molecule has 0 N–H and O–H groups in total. The van der Waals surface area contributed by atoms with Gasteiger partial charge in [0.2, 0.25) is 0 Å². The van der Waals surface area contributed by atoms with Gasteiger partial charge in [-0.25, -0.2) is 0 Å². The quantitative estimate of drug-likeness (QED) is 0.636. The van der Waals surface area contributed by atoms with Gasteiger partial charge in [-0.3, -0.25) is 0 Å². The summed E-state index contributed by atoms with van der Waals surface area (Å²) in [7, 11) is 0. The van der Waals surface area contributed by atoms with Crippen LogP contribution < -0.4 is 4.74 Å². The van der Waals surface area contributed by atoms with Crippen molar-refractivity contribution in [1.82, 2.24) is 0 Å². The second kappa shape index (κ2) is 8.83. The molecule has 0 atom stereocenters. The normalized spacial score (nSPS) is 21.3. The summed E-state index contributed by atoms with van der Waals surface area (Å²) < 4.78 is 5.66. The number of ether oxygens (including phenoxy) is 1. The van der Waals surface area contributed by atoms with E-state index >= 15 is 0 Å². The molecule has 0 heterocycles. The minimum Gasteiger partial charge on any atom is -0.492 e. The third-order valence-electron chi connectivity index (χ3n) is 4.87. The molecule has 0 radical (unpaired) electrons. The Hall–Kier alpha value is -1.49. The number of hydrogen-bond acceptors (Lipinski definition) is 2. The largest absolute Gasteiger partial charge is 0.492 e. The molecule has 1 aromatic rings. The average Bonchev–Trinajstić information content (AvgIpc) is 2.58. The van der Waals surface area contributed by atoms with Gasteiger partial charge in [-0.2, -0.15) is 5.26 Å². The predicted molar refractivity (Wildman–Crippen MR) is 91.2 cm³/mol. The van der Waals surface area contributed by atoms with Crippen molar-refractivity contribution in [2.24, 2.45) is 5.92 Å². The summed E-state index contributed by atoms with van der Waals surface area (Å²) in [5.41, 5.74) is 2.02. The van der Waals surface area contributed by atoms with Crippen molar-refractivity contribution in [3.8, 4) is 11.8 Å². The highest BCUT2D eigenvalue weighted by Crippen LogP contribution is 2.38. The minimum absolute atomic E-state index is 0.630. The molecule has 2 rings (SSSR count). The molecule has 0 amide bonds. The summed E-state index contributed by atoms with van der Waals surface area (Å²) in [6, 6.07) is 8.52. The van der Waals surface area contributed by atoms with Crippen LogP contribution in [0, 0.1) is 17.2 Å². The van der Waals surface area contributed by atoms with Crippen LogP contribution in [-0.4, -0.2) is 6.61 Å². The maximum absolute atomic E-state index is 9.35. The molecule has 0 spiro atoms. The minimum atomic E-state index is 0.630. The van der Waals surface area contributed by atoms with Crippen molar-refractivity contribution in [3.05, 3.63) is 29.3 Å². The lowest BCUT2D eigenvalue weighted by atomic mass is 9.77. The highest BCUT2D eigenvalue weighted by atomic mass is 16.5. The van der Waals surface area contributed by atoms with E-state index < -0.39 is 0 Å². The fourth-order valence-corrected chi connectivity index (χ4v) is 3.50. The highest BCUT2D eigenvalue weighted by Gasteiger charge is 2.22. The molecule has 1 saturated carbocycles. The standard InChI is InChI=1S/C20H29NO/c1-3-5-6-16-7-9-17(10-8-16)18-11-12-20(22-13-4-2)19(14-18)15-21/h11-12,14,16-17H,3-10,13H2,1-2H3/t16-,17-. The molecule has 22 heavy (non-hydrogen) atoms. The Balaban J connectivity index is 1.97. The monoisotopic (exact) mass is 299 g/mol. The Labute approximate surface area is 135 Å². The van der Waals surface area contributed by atoms with Gasteiger partial charge in [0.05, 0.1) is 12.2 Å². The number of nitriles is 1. The third kappa shape index (κ3) is 4.50. The Bertz CT molecular complexity index is 495. The molecule has 1 aliphatic rings. The second-order valence-electron chi connectivity index (χ2n) is 6.58. The first kappa shape index (κ1) is 16.9. The molecule has 2 nitrogen and oxygen atoms in total. The van der Waals surface area contributed by atoms with Crippen LogP contribution in [0.15, 0.2) is 18.2 Å². The van der Waals surface area contributed by atoms with E-state index in [0.717, 1.165) is 18.1 Å². The van der Waals surface area contributed by atoms with Crippen molar-refractivity contribution in [3.63, 3.8) is 0 Å². The number of rotatable bonds is 7. The van der Waals surface area contributed by atoms with E-state index in [1.165, 1.54) is 50.5 Å². The molecule has 0 bridgehead atoms. The lowest BCUT2D eigenvalue weighted by Crippen LogP contribution is -2.13. The Morgan fingerprint density at radius 1 is 1.14 bits per heavy atom. The van der Waals surface area contributed by atoms with E-state index in [-0.39, 0.29) is 0 Å². The van der Waals surface area contributed by atoms with Gasteiger partial charge in [-0.1, -0.05) is 39.2 Å². The smallest absolute Gasteiger partial charge is 0.137 e. The van der Waals surface area contributed by atoms with Crippen LogP contribution in [0.5, 0.6) is 5.75 Å². The molecular formula is C20H29NO. The van der Waals surface area contributed by atoms with Gasteiger partial charge in [-0.05, 0) is 61.6 Å². The van der Waals surface area contributed by atoms with Gasteiger partial charge in [0.25, 0.3) is 0 Å². The van der Waals surface area contributed by atoms with Gasteiger partial charge in [0.1, 0.15) is 11.8 Å². The zero-order valence-corrected chi connectivity index (χ0v) is 14.1. The number of nitrogens with zero attached hydrogens (tertiary/aromatic N) is 1. The first-order valence-electron chi connectivity index (χ1n) is 8.95. The van der Waals surface area contributed by atoms with Crippen LogP contribution in [0.2, 0.25) is 0 Å². The van der Waals surface area contributed by atoms with Crippen molar-refractivity contribution < 1.29 is 4.74 Å². The number of benzene rings is 1. The zero-order chi connectivity index (χ0) is 15.8. The van der Waals surface area contributed by atoms with E-state index in [1.54, 1.807) is 0 Å². The first-order valence-corrected chi connectivity index (χ1v) is 8.95. The molecule has 1 aliphatic carbocycles. The number of hydrogen-bond donors (Lipinski definition) is 0. The van der Waals surface area contributed by atoms with E-state index in [1.807, 2.05) is 6.07 Å². The van der Waals surface area contributed by atoms with Crippen LogP contribution in [0.4, 0.5) is 0 Å². The van der Waals surface area contributed by atoms with Gasteiger partial charge >= 0.3 is 0 Å². The average molecular weight is 299 g/mol. The summed E-state index contributed by atoms with van der Waals surface area (Å²) in [4.78, 5) is 0. The van der Waals surface area contributed by atoms with Gasteiger partial charge in [0.15, 0.2) is 0 Å². The van der Waals surface area contributed by atoms with E-state index in [0.29, 0.717) is 18.1 Å². The lowest BCUT2D eigenvalue weighted by molar-refractivity contribution is 0.303. The lowest BCUT2D eigenvalue weighted by Gasteiger charge is -2.29. The molecule has 1 aromatic carbocycles. The Kier molecular flexibility index (Phi) is 6.77. The predicted octanol–water partition coefficient (Wildman–Crippen LogP) is 5.81. The summed E-state index contributed by atoms with van der Waals surface area (Å²) in [5.74, 6) is 2.30. The summed E-state index contributed by atoms with van der Waals surface area (Å²) in [6.07, 6.45) is 10.3. The van der Waals surface area contributed by atoms with Crippen LogP contribution in [0.3, 0.4) is 0 Å². The maximum atomic E-state index is 9.35. The molecule has 2 heteroatoms.